The summed E-state index contributed by atoms with van der Waals surface area (Å²) in [5.41, 5.74) is 1.17. The third kappa shape index (κ3) is 4.79. The van der Waals surface area contributed by atoms with Crippen LogP contribution in [0.2, 0.25) is 5.02 Å². The highest BCUT2D eigenvalue weighted by Crippen LogP contribution is 2.26. The predicted octanol–water partition coefficient (Wildman–Crippen LogP) is 2.93. The summed E-state index contributed by atoms with van der Waals surface area (Å²) in [6.45, 7) is 3.85. The number of nitrogens with one attached hydrogen (secondary N) is 1. The first-order valence-electron chi connectivity index (χ1n) is 10.2. The molecular formula is C23H23ClN4O5. The molecule has 33 heavy (non-hydrogen) atoms. The van der Waals surface area contributed by atoms with Gasteiger partial charge in [-0.15, -0.1) is 0 Å². The molecule has 0 aliphatic heterocycles. The number of aromatic nitrogens is 4. The van der Waals surface area contributed by atoms with Crippen LogP contribution >= 0.6 is 11.6 Å². The number of H-pyrrole nitrogens is 1. The molecule has 2 aromatic heterocycles. The van der Waals surface area contributed by atoms with Gasteiger partial charge in [0.15, 0.2) is 11.2 Å². The number of aromatic amines is 1. The molecule has 4 aromatic rings. The number of aliphatic hydroxyl groups excluding tert-OH is 1. The lowest BCUT2D eigenvalue weighted by atomic mass is 10.1. The molecule has 0 saturated carbocycles. The molecule has 1 unspecified atom stereocenters. The van der Waals surface area contributed by atoms with Crippen LogP contribution in [0.15, 0.2) is 52.1 Å². The van der Waals surface area contributed by atoms with Gasteiger partial charge in [0.2, 0.25) is 0 Å². The van der Waals surface area contributed by atoms with E-state index >= 15 is 0 Å². The Hall–Kier alpha value is -3.56. The van der Waals surface area contributed by atoms with E-state index in [1.54, 1.807) is 30.3 Å². The van der Waals surface area contributed by atoms with Gasteiger partial charge in [0.05, 0.1) is 6.54 Å². The number of hydrogen-bond acceptors (Lipinski definition) is 6. The first-order chi connectivity index (χ1) is 15.7. The quantitative estimate of drug-likeness (QED) is 0.429. The minimum absolute atomic E-state index is 0.0476. The molecule has 0 fully saturated rings. The average Bonchev–Trinajstić information content (AvgIpc) is 3.12. The van der Waals surface area contributed by atoms with E-state index in [-0.39, 0.29) is 30.3 Å². The van der Waals surface area contributed by atoms with Crippen molar-refractivity contribution < 1.29 is 14.6 Å². The van der Waals surface area contributed by atoms with Crippen LogP contribution < -0.4 is 20.7 Å². The van der Waals surface area contributed by atoms with Gasteiger partial charge in [0.25, 0.3) is 5.56 Å². The van der Waals surface area contributed by atoms with E-state index in [0.717, 1.165) is 11.1 Å². The molecule has 0 spiro atoms. The smallest absolute Gasteiger partial charge is 0.329 e. The second-order valence-electron chi connectivity index (χ2n) is 7.76. The van der Waals surface area contributed by atoms with Crippen molar-refractivity contribution in [2.75, 3.05) is 6.61 Å². The summed E-state index contributed by atoms with van der Waals surface area (Å²) >= 11 is 5.88. The molecule has 1 atom stereocenters. The molecule has 0 aliphatic carbocycles. The maximum atomic E-state index is 12.6. The maximum absolute atomic E-state index is 12.6. The Balaban J connectivity index is 1.68. The summed E-state index contributed by atoms with van der Waals surface area (Å²) in [7, 11) is 1.50. The van der Waals surface area contributed by atoms with Crippen molar-refractivity contribution in [2.45, 2.75) is 26.5 Å². The number of aryl methyl sites for hydroxylation is 3. The van der Waals surface area contributed by atoms with E-state index in [4.69, 9.17) is 21.1 Å². The molecule has 172 valence electrons. The van der Waals surface area contributed by atoms with Crippen molar-refractivity contribution in [3.05, 3.63) is 79.5 Å². The fraction of sp³-hybridized carbons (Fsp3) is 0.261. The molecule has 10 heteroatoms. The SMILES string of the molecule is Cc1ccc(Oc2nc3c(c(=O)[nH]c(=O)n3C)n2CC(O)COc2ccc(Cl)cc2)cc1C. The molecule has 2 heterocycles. The van der Waals surface area contributed by atoms with E-state index in [1.807, 2.05) is 26.0 Å². The Morgan fingerprint density at radius 1 is 1.09 bits per heavy atom. The minimum Gasteiger partial charge on any atom is -0.491 e. The molecule has 0 radical (unpaired) electrons. The maximum Gasteiger partial charge on any atom is 0.329 e. The molecular weight excluding hydrogens is 448 g/mol. The van der Waals surface area contributed by atoms with Gasteiger partial charge in [-0.25, -0.2) is 4.79 Å². The Morgan fingerprint density at radius 3 is 2.48 bits per heavy atom. The van der Waals surface area contributed by atoms with Crippen LogP contribution in [-0.2, 0) is 13.6 Å². The standard InChI is InChI=1S/C23H23ClN4O5/c1-13-4-7-18(10-14(13)2)33-23-25-20-19(21(30)26-22(31)27(20)3)28(23)11-16(29)12-32-17-8-5-15(24)6-9-17/h4-10,16,29H,11-12H2,1-3H3,(H,26,30,31). The van der Waals surface area contributed by atoms with Gasteiger partial charge in [-0.3, -0.25) is 18.9 Å². The topological polar surface area (TPSA) is 111 Å². The summed E-state index contributed by atoms with van der Waals surface area (Å²) in [6.07, 6.45) is -1.00. The number of imidazole rings is 1. The molecule has 0 amide bonds. The highest BCUT2D eigenvalue weighted by Gasteiger charge is 2.21. The van der Waals surface area contributed by atoms with E-state index in [1.165, 1.54) is 16.2 Å². The Morgan fingerprint density at radius 2 is 1.79 bits per heavy atom. The molecule has 9 nitrogen and oxygen atoms in total. The molecule has 2 aromatic carbocycles. The van der Waals surface area contributed by atoms with Gasteiger partial charge in [-0.05, 0) is 61.4 Å². The van der Waals surface area contributed by atoms with Gasteiger partial charge < -0.3 is 14.6 Å². The van der Waals surface area contributed by atoms with E-state index in [0.29, 0.717) is 16.5 Å². The Kier molecular flexibility index (Phi) is 6.26. The summed E-state index contributed by atoms with van der Waals surface area (Å²) in [5.74, 6) is 1.06. The number of halogens is 1. The monoisotopic (exact) mass is 470 g/mol. The normalized spacial score (nSPS) is 12.2. The lowest BCUT2D eigenvalue weighted by Gasteiger charge is -2.15. The van der Waals surface area contributed by atoms with E-state index in [9.17, 15) is 14.7 Å². The summed E-state index contributed by atoms with van der Waals surface area (Å²) < 4.78 is 14.3. The van der Waals surface area contributed by atoms with Crippen molar-refractivity contribution in [3.8, 4) is 17.5 Å². The first-order valence-corrected chi connectivity index (χ1v) is 10.6. The zero-order valence-electron chi connectivity index (χ0n) is 18.3. The lowest BCUT2D eigenvalue weighted by molar-refractivity contribution is 0.0915. The van der Waals surface area contributed by atoms with Crippen molar-refractivity contribution >= 4 is 22.8 Å². The highest BCUT2D eigenvalue weighted by atomic mass is 35.5. The third-order valence-corrected chi connectivity index (χ3v) is 5.56. The predicted molar refractivity (Wildman–Crippen MR) is 125 cm³/mol. The zero-order chi connectivity index (χ0) is 23.7. The number of aliphatic hydroxyl groups is 1. The number of benzene rings is 2. The minimum atomic E-state index is -1.00. The second kappa shape index (κ2) is 9.13. The summed E-state index contributed by atoms with van der Waals surface area (Å²) in [5, 5.41) is 11.2. The molecule has 2 N–H and O–H groups in total. The fourth-order valence-corrected chi connectivity index (χ4v) is 3.46. The second-order valence-corrected chi connectivity index (χ2v) is 8.20. The fourth-order valence-electron chi connectivity index (χ4n) is 3.33. The molecule has 4 rings (SSSR count). The van der Waals surface area contributed by atoms with Crippen LogP contribution in [0.4, 0.5) is 0 Å². The number of ether oxygens (including phenoxy) is 2. The van der Waals surface area contributed by atoms with Gasteiger partial charge >= 0.3 is 11.7 Å². The third-order valence-electron chi connectivity index (χ3n) is 5.31. The molecule has 0 saturated heterocycles. The first kappa shape index (κ1) is 22.6. The number of rotatable bonds is 7. The number of hydrogen-bond donors (Lipinski definition) is 2. The molecule has 0 bridgehead atoms. The Labute approximate surface area is 193 Å². The van der Waals surface area contributed by atoms with E-state index in [2.05, 4.69) is 9.97 Å². The average molecular weight is 471 g/mol. The van der Waals surface area contributed by atoms with Crippen molar-refractivity contribution in [1.82, 2.24) is 19.1 Å². The summed E-state index contributed by atoms with van der Waals surface area (Å²) in [4.78, 5) is 31.3. The van der Waals surface area contributed by atoms with Crippen molar-refractivity contribution in [3.63, 3.8) is 0 Å². The van der Waals surface area contributed by atoms with Crippen LogP contribution in [0.5, 0.6) is 17.5 Å². The zero-order valence-corrected chi connectivity index (χ0v) is 19.1. The number of fused-ring (bicyclic) bond motifs is 1. The molecule has 0 aliphatic rings. The number of nitrogens with zero attached hydrogens (tertiary/aromatic N) is 3. The lowest BCUT2D eigenvalue weighted by Crippen LogP contribution is -2.30. The van der Waals surface area contributed by atoms with E-state index < -0.39 is 17.4 Å². The van der Waals surface area contributed by atoms with Crippen molar-refractivity contribution in [1.29, 1.82) is 0 Å². The van der Waals surface area contributed by atoms with Gasteiger partial charge in [-0.1, -0.05) is 17.7 Å². The van der Waals surface area contributed by atoms with Crippen LogP contribution in [0.1, 0.15) is 11.1 Å². The van der Waals surface area contributed by atoms with Crippen LogP contribution in [0.3, 0.4) is 0 Å². The Bertz CT molecular complexity index is 1420. The summed E-state index contributed by atoms with van der Waals surface area (Å²) in [6, 6.07) is 12.4. The highest BCUT2D eigenvalue weighted by molar-refractivity contribution is 6.30. The largest absolute Gasteiger partial charge is 0.491 e. The van der Waals surface area contributed by atoms with Crippen molar-refractivity contribution in [2.24, 2.45) is 7.05 Å². The van der Waals surface area contributed by atoms with Gasteiger partial charge in [0, 0.05) is 12.1 Å². The van der Waals surface area contributed by atoms with Crippen LogP contribution in [0.25, 0.3) is 11.2 Å². The van der Waals surface area contributed by atoms with Gasteiger partial charge in [-0.2, -0.15) is 4.98 Å². The van der Waals surface area contributed by atoms with Gasteiger partial charge in [0.1, 0.15) is 24.2 Å². The van der Waals surface area contributed by atoms with Crippen LogP contribution in [0, 0.1) is 13.8 Å². The van der Waals surface area contributed by atoms with Crippen LogP contribution in [-0.4, -0.2) is 36.9 Å².